The summed E-state index contributed by atoms with van der Waals surface area (Å²) in [6.07, 6.45) is 25.8. The maximum Gasteiger partial charge on any atom is 0.274 e. The summed E-state index contributed by atoms with van der Waals surface area (Å²) in [5.41, 5.74) is 2.90. The van der Waals surface area contributed by atoms with Crippen LogP contribution in [0.1, 0.15) is 178 Å². The van der Waals surface area contributed by atoms with Gasteiger partial charge in [0.25, 0.3) is 22.6 Å². The highest BCUT2D eigenvalue weighted by Crippen LogP contribution is 2.37. The molecule has 1 amide bonds. The molecule has 15 rings (SSSR count). The molecule has 0 saturated heterocycles. The van der Waals surface area contributed by atoms with Gasteiger partial charge in [-0.05, 0) is 151 Å². The van der Waals surface area contributed by atoms with Gasteiger partial charge in [0.15, 0.2) is 28.5 Å². The van der Waals surface area contributed by atoms with E-state index in [-0.39, 0.29) is 88.5 Å². The van der Waals surface area contributed by atoms with Crippen LogP contribution < -0.4 is 53.9 Å². The molecular formula is C74H95N19O12. The van der Waals surface area contributed by atoms with Crippen molar-refractivity contribution in [2.45, 2.75) is 189 Å². The predicted molar refractivity (Wildman–Crippen MR) is 396 cm³/mol. The smallest absolute Gasteiger partial charge is 0.274 e. The number of aromatic nitrogens is 12. The van der Waals surface area contributed by atoms with Crippen molar-refractivity contribution >= 4 is 86.4 Å². The first-order valence-electron chi connectivity index (χ1n) is 36.6. The summed E-state index contributed by atoms with van der Waals surface area (Å²) in [6, 6.07) is 15.0. The van der Waals surface area contributed by atoms with Crippen molar-refractivity contribution in [2.24, 2.45) is 11.8 Å². The number of nitrogens with zero attached hydrogens (tertiary/aromatic N) is 12. The van der Waals surface area contributed by atoms with Crippen LogP contribution in [0.4, 0.5) is 52.0 Å². The Morgan fingerprint density at radius 2 is 0.800 bits per heavy atom. The molecule has 6 fully saturated rings. The topological polar surface area (TPSA) is 380 Å². The molecule has 0 bridgehead atoms. The van der Waals surface area contributed by atoms with Gasteiger partial charge in [-0.25, -0.2) is 15.0 Å². The molecule has 10 N–H and O–H groups in total. The van der Waals surface area contributed by atoms with Gasteiger partial charge in [-0.1, -0.05) is 12.8 Å². The Hall–Kier alpha value is -9.92. The summed E-state index contributed by atoms with van der Waals surface area (Å²) < 4.78 is 26.0. The Morgan fingerprint density at radius 1 is 0.457 bits per heavy atom. The Labute approximate surface area is 605 Å². The number of aliphatic hydroxyl groups is 3. The van der Waals surface area contributed by atoms with E-state index in [1.807, 2.05) is 0 Å². The molecular weight excluding hydrogens is 1350 g/mol. The third-order valence-electron chi connectivity index (χ3n) is 21.8. The van der Waals surface area contributed by atoms with Gasteiger partial charge in [-0.2, -0.15) is 28.8 Å². The Morgan fingerprint density at radius 3 is 1.13 bits per heavy atom. The second-order valence-corrected chi connectivity index (χ2v) is 28.4. The Bertz CT molecular complexity index is 4330. The molecule has 105 heavy (non-hydrogen) atoms. The van der Waals surface area contributed by atoms with E-state index in [0.717, 1.165) is 96.3 Å². The minimum atomic E-state index is -0.510. The summed E-state index contributed by atoms with van der Waals surface area (Å²) >= 11 is 0. The Kier molecular flexibility index (Phi) is 22.8. The zero-order valence-corrected chi connectivity index (χ0v) is 60.1. The standard InChI is InChI=1S/2C25H32N6O4.C24H31N7O4/c2*1-26-23-13-22(28-18-7-4-10-30(25(18)34)19-8-9-20(19)32)29-24-17(14-27-31(23)24)21(33)12-15-5-3-6-16(11-15)35-2;1-25-21-12-20(28-17-7-4-10-30(24(17)34)18-8-9-19(18)32)29-22-16(13-26-31(21)22)23(33)27-14-5-3-6-15(11-14)35-2/h2*4,7,10,13-16,19-20,26,32H,3,5-6,8-9,11-12H2,1-2H3,(H,28,29);4,7,10,12-15,18-19,25,32H,3,5-6,8-9,11H2,1-2H3,(H,27,33)(H,28,29)/t15-,16-,19+,20-;15-,16-,19-,20+;14-,15-,18+,19-/m101/s1. The lowest BCUT2D eigenvalue weighted by atomic mass is 9.83. The van der Waals surface area contributed by atoms with Crippen molar-refractivity contribution < 1.29 is 43.9 Å². The number of ketones is 2. The molecule has 6 saturated carbocycles. The number of methoxy groups -OCH3 is 3. The predicted octanol–water partition coefficient (Wildman–Crippen LogP) is 8.36. The lowest BCUT2D eigenvalue weighted by Gasteiger charge is -2.34. The number of rotatable bonds is 23. The number of hydrogen-bond donors (Lipinski definition) is 10. The van der Waals surface area contributed by atoms with Crippen molar-refractivity contribution in [3.05, 3.63) is 140 Å². The number of anilines is 9. The van der Waals surface area contributed by atoms with Gasteiger partial charge >= 0.3 is 0 Å². The van der Waals surface area contributed by atoms with Crippen molar-refractivity contribution in [2.75, 3.05) is 74.4 Å². The fourth-order valence-electron chi connectivity index (χ4n) is 15.3. The maximum absolute atomic E-state index is 13.2. The summed E-state index contributed by atoms with van der Waals surface area (Å²) in [4.78, 5) is 92.6. The lowest BCUT2D eigenvalue weighted by molar-refractivity contribution is 0.0298. The minimum absolute atomic E-state index is 0.00879. The summed E-state index contributed by atoms with van der Waals surface area (Å²) in [7, 11) is 10.4. The van der Waals surface area contributed by atoms with Crippen molar-refractivity contribution in [1.82, 2.24) is 62.8 Å². The number of Topliss-reactive ketones (excluding diaryl/α,β-unsaturated/α-hetero) is 2. The number of fused-ring (bicyclic) bond motifs is 3. The van der Waals surface area contributed by atoms with Crippen LogP contribution in [0, 0.1) is 11.8 Å². The van der Waals surface area contributed by atoms with Crippen LogP contribution in [0.25, 0.3) is 16.9 Å². The average molecular weight is 1440 g/mol. The zero-order chi connectivity index (χ0) is 73.6. The van der Waals surface area contributed by atoms with Crippen LogP contribution in [0.5, 0.6) is 0 Å². The molecule has 12 atom stereocenters. The quantitative estimate of drug-likeness (QED) is 0.0269. The number of ether oxygens (including phenoxy) is 3. The van der Waals surface area contributed by atoms with Gasteiger partial charge in [0.05, 0.1) is 84.5 Å². The average Bonchev–Trinajstić information content (AvgIpc) is 1.63. The molecule has 0 spiro atoms. The first-order valence-corrected chi connectivity index (χ1v) is 36.6. The molecule has 6 aliphatic carbocycles. The summed E-state index contributed by atoms with van der Waals surface area (Å²) in [6.45, 7) is 0. The number of nitrogens with one attached hydrogen (secondary N) is 7. The van der Waals surface area contributed by atoms with Crippen LogP contribution in [-0.4, -0.2) is 175 Å². The van der Waals surface area contributed by atoms with Gasteiger partial charge in [0.2, 0.25) is 0 Å². The normalized spacial score (nSPS) is 24.2. The third kappa shape index (κ3) is 15.9. The molecule has 0 aliphatic heterocycles. The number of hydrogen-bond acceptors (Lipinski definition) is 24. The van der Waals surface area contributed by atoms with Crippen molar-refractivity contribution in [3.63, 3.8) is 0 Å². The summed E-state index contributed by atoms with van der Waals surface area (Å²) in [5.74, 6) is 3.49. The molecule has 9 heterocycles. The number of carbonyl (C=O) groups excluding carboxylic acids is 3. The van der Waals surface area contributed by atoms with E-state index in [2.05, 4.69) is 67.5 Å². The van der Waals surface area contributed by atoms with Crippen molar-refractivity contribution in [1.29, 1.82) is 0 Å². The fraction of sp³-hybridized carbons (Fsp3) is 0.514. The number of amides is 1. The number of carbonyl (C=O) groups is 3. The zero-order valence-electron chi connectivity index (χ0n) is 60.1. The molecule has 6 aliphatic rings. The van der Waals surface area contributed by atoms with E-state index in [4.69, 9.17) is 14.2 Å². The summed E-state index contributed by atoms with van der Waals surface area (Å²) in [5, 5.41) is 64.8. The van der Waals surface area contributed by atoms with Crippen LogP contribution in [0.3, 0.4) is 0 Å². The molecule has 0 radical (unpaired) electrons. The molecule has 9 aromatic heterocycles. The first kappa shape index (κ1) is 73.4. The third-order valence-corrected chi connectivity index (χ3v) is 21.8. The minimum Gasteiger partial charge on any atom is -0.391 e. The lowest BCUT2D eigenvalue weighted by Crippen LogP contribution is -2.40. The SMILES string of the molecule is CNc1cc(Nc2cccn([C@H]3CC[C@H]3O)c2=O)nc2c(C(=O)C[C@@H]3CCC[C@@H](OC)C3)cnn12.CNc1cc(Nc2cccn([C@H]3CC[C@H]3O)c2=O)nc2c(C(=O)C[C@H]3CCC[C@H](OC)C3)cnn12.CNc1cc(Nc2cccn([C@H]3CC[C@H]3O)c2=O)nc2c(C(=O)N[C@@H]3CCC[C@@H](OC)C3)cnn12. The van der Waals surface area contributed by atoms with E-state index in [9.17, 15) is 44.1 Å². The van der Waals surface area contributed by atoms with E-state index in [0.29, 0.717) is 118 Å². The van der Waals surface area contributed by atoms with E-state index in [1.165, 1.54) is 6.20 Å². The van der Waals surface area contributed by atoms with Gasteiger partial charge < -0.3 is 80.4 Å². The highest BCUT2D eigenvalue weighted by Gasteiger charge is 2.35. The molecule has 9 aromatic rings. The molecule has 31 heteroatoms. The maximum atomic E-state index is 13.2. The molecule has 0 unspecified atom stereocenters. The van der Waals surface area contributed by atoms with Gasteiger partial charge in [0.1, 0.15) is 57.5 Å². The van der Waals surface area contributed by atoms with Gasteiger partial charge in [-0.3, -0.25) is 28.8 Å². The monoisotopic (exact) mass is 1440 g/mol. The highest BCUT2D eigenvalue weighted by molar-refractivity contribution is 6.03. The number of aliphatic hydroxyl groups excluding tert-OH is 3. The van der Waals surface area contributed by atoms with Crippen LogP contribution in [-0.2, 0) is 14.2 Å². The fourth-order valence-corrected chi connectivity index (χ4v) is 15.3. The van der Waals surface area contributed by atoms with E-state index < -0.39 is 18.3 Å². The molecule has 0 aromatic carbocycles. The van der Waals surface area contributed by atoms with Crippen LogP contribution in [0.15, 0.2) is 106 Å². The largest absolute Gasteiger partial charge is 0.391 e. The highest BCUT2D eigenvalue weighted by atomic mass is 16.5. The van der Waals surface area contributed by atoms with Crippen molar-refractivity contribution in [3.8, 4) is 0 Å². The van der Waals surface area contributed by atoms with Crippen LogP contribution in [0.2, 0.25) is 0 Å². The first-order chi connectivity index (χ1) is 50.9. The number of pyridine rings is 3. The second-order valence-electron chi connectivity index (χ2n) is 28.4. The second kappa shape index (κ2) is 32.6. The van der Waals surface area contributed by atoms with Gasteiger partial charge in [-0.15, -0.1) is 0 Å². The van der Waals surface area contributed by atoms with Gasteiger partial charge in [0, 0.05) is 98.1 Å². The molecule has 558 valence electrons. The molecule has 31 nitrogen and oxygen atoms in total. The van der Waals surface area contributed by atoms with Crippen LogP contribution >= 0.6 is 0 Å². The van der Waals surface area contributed by atoms with E-state index in [1.54, 1.807) is 155 Å². The Balaban J connectivity index is 0.000000140. The van der Waals surface area contributed by atoms with E-state index >= 15 is 0 Å².